The molecule has 3 heterocycles. The zero-order chi connectivity index (χ0) is 15.1. The Labute approximate surface area is 132 Å². The average Bonchev–Trinajstić information content (AvgIpc) is 3.07. The topological polar surface area (TPSA) is 48.5 Å². The van der Waals surface area contributed by atoms with E-state index in [1.54, 1.807) is 15.6 Å². The second kappa shape index (κ2) is 7.54. The van der Waals surface area contributed by atoms with Crippen LogP contribution in [0.5, 0.6) is 0 Å². The van der Waals surface area contributed by atoms with Gasteiger partial charge in [0.2, 0.25) is 0 Å². The number of pyridine rings is 1. The molecule has 3 rings (SSSR count). The SMILES string of the molecule is Cn1ccc(/C=C/c2cccnc2)n1.Cn1ccc(Br)n1. The highest BCUT2D eigenvalue weighted by Gasteiger charge is 1.90. The fourth-order valence-corrected chi connectivity index (χ4v) is 1.93. The molecule has 0 saturated heterocycles. The molecule has 0 aliphatic heterocycles. The molecule has 0 fully saturated rings. The van der Waals surface area contributed by atoms with Crippen molar-refractivity contribution in [3.63, 3.8) is 0 Å². The first-order valence-electron chi connectivity index (χ1n) is 6.36. The van der Waals surface area contributed by atoms with Crippen molar-refractivity contribution >= 4 is 28.1 Å². The summed E-state index contributed by atoms with van der Waals surface area (Å²) in [6, 6.07) is 7.78. The Bertz CT molecular complexity index is 683. The predicted octanol–water partition coefficient (Wildman–Crippen LogP) is 3.17. The first-order chi connectivity index (χ1) is 10.1. The Morgan fingerprint density at radius 1 is 1.00 bits per heavy atom. The highest BCUT2D eigenvalue weighted by atomic mass is 79.9. The van der Waals surface area contributed by atoms with Crippen LogP contribution in [0.3, 0.4) is 0 Å². The van der Waals surface area contributed by atoms with E-state index in [9.17, 15) is 0 Å². The summed E-state index contributed by atoms with van der Waals surface area (Å²) in [5, 5.41) is 8.18. The van der Waals surface area contributed by atoms with Crippen molar-refractivity contribution in [1.29, 1.82) is 0 Å². The third-order valence-electron chi connectivity index (χ3n) is 2.55. The summed E-state index contributed by atoms with van der Waals surface area (Å²) in [7, 11) is 3.78. The molecule has 0 spiro atoms. The van der Waals surface area contributed by atoms with Crippen LogP contribution in [0.1, 0.15) is 11.3 Å². The van der Waals surface area contributed by atoms with Crippen LogP contribution in [0.25, 0.3) is 12.2 Å². The minimum atomic E-state index is 0.884. The molecule has 0 N–H and O–H groups in total. The number of hydrogen-bond donors (Lipinski definition) is 0. The van der Waals surface area contributed by atoms with E-state index in [1.165, 1.54) is 0 Å². The van der Waals surface area contributed by atoms with Gasteiger partial charge in [0.25, 0.3) is 0 Å². The summed E-state index contributed by atoms with van der Waals surface area (Å²) < 4.78 is 4.41. The van der Waals surface area contributed by atoms with Crippen LogP contribution < -0.4 is 0 Å². The molecule has 3 aromatic heterocycles. The summed E-state index contributed by atoms with van der Waals surface area (Å²) in [6.07, 6.45) is 11.3. The van der Waals surface area contributed by atoms with Crippen LogP contribution >= 0.6 is 15.9 Å². The van der Waals surface area contributed by atoms with Gasteiger partial charge in [0.1, 0.15) is 4.60 Å². The van der Waals surface area contributed by atoms with Crippen LogP contribution in [-0.2, 0) is 14.1 Å². The van der Waals surface area contributed by atoms with Gasteiger partial charge in [0.15, 0.2) is 0 Å². The summed E-state index contributed by atoms with van der Waals surface area (Å²) in [5.41, 5.74) is 2.04. The quantitative estimate of drug-likeness (QED) is 0.716. The molecule has 0 bridgehead atoms. The first-order valence-corrected chi connectivity index (χ1v) is 7.16. The van der Waals surface area contributed by atoms with Crippen molar-refractivity contribution in [1.82, 2.24) is 24.5 Å². The van der Waals surface area contributed by atoms with E-state index in [-0.39, 0.29) is 0 Å². The fraction of sp³-hybridized carbons (Fsp3) is 0.133. The van der Waals surface area contributed by atoms with Gasteiger partial charge in [-0.05, 0) is 45.8 Å². The maximum Gasteiger partial charge on any atom is 0.128 e. The van der Waals surface area contributed by atoms with Gasteiger partial charge in [-0.2, -0.15) is 10.2 Å². The van der Waals surface area contributed by atoms with E-state index in [2.05, 4.69) is 31.1 Å². The molecule has 0 unspecified atom stereocenters. The van der Waals surface area contributed by atoms with Crippen LogP contribution in [0, 0.1) is 0 Å². The number of aryl methyl sites for hydroxylation is 2. The molecule has 21 heavy (non-hydrogen) atoms. The summed E-state index contributed by atoms with van der Waals surface area (Å²) in [6.45, 7) is 0. The van der Waals surface area contributed by atoms with Gasteiger partial charge in [-0.1, -0.05) is 12.1 Å². The van der Waals surface area contributed by atoms with Crippen LogP contribution in [0.2, 0.25) is 0 Å². The lowest BCUT2D eigenvalue weighted by Gasteiger charge is -1.89. The lowest BCUT2D eigenvalue weighted by molar-refractivity contribution is 0.760. The number of halogens is 1. The van der Waals surface area contributed by atoms with E-state index >= 15 is 0 Å². The van der Waals surface area contributed by atoms with Crippen LogP contribution in [0.4, 0.5) is 0 Å². The van der Waals surface area contributed by atoms with Gasteiger partial charge in [-0.15, -0.1) is 0 Å². The zero-order valence-corrected chi connectivity index (χ0v) is 13.5. The van der Waals surface area contributed by atoms with Gasteiger partial charge >= 0.3 is 0 Å². The van der Waals surface area contributed by atoms with Crippen molar-refractivity contribution in [3.05, 3.63) is 64.9 Å². The van der Waals surface area contributed by atoms with Gasteiger partial charge in [0, 0.05) is 38.9 Å². The molecule has 0 aliphatic carbocycles. The third kappa shape index (κ3) is 5.35. The second-order valence-electron chi connectivity index (χ2n) is 4.35. The van der Waals surface area contributed by atoms with Gasteiger partial charge in [-0.3, -0.25) is 14.3 Å². The smallest absolute Gasteiger partial charge is 0.128 e. The van der Waals surface area contributed by atoms with E-state index in [0.717, 1.165) is 15.9 Å². The lowest BCUT2D eigenvalue weighted by Crippen LogP contribution is -1.86. The van der Waals surface area contributed by atoms with E-state index in [4.69, 9.17) is 0 Å². The molecule has 108 valence electrons. The molecule has 0 atom stereocenters. The molecular formula is C15H16BrN5. The third-order valence-corrected chi connectivity index (χ3v) is 2.97. The van der Waals surface area contributed by atoms with Crippen molar-refractivity contribution in [2.24, 2.45) is 14.1 Å². The maximum absolute atomic E-state index is 4.24. The first kappa shape index (κ1) is 15.2. The Balaban J connectivity index is 0.000000194. The largest absolute Gasteiger partial charge is 0.275 e. The Hall–Kier alpha value is -2.21. The number of nitrogens with zero attached hydrogens (tertiary/aromatic N) is 5. The molecule has 6 heteroatoms. The highest BCUT2D eigenvalue weighted by molar-refractivity contribution is 9.10. The van der Waals surface area contributed by atoms with Gasteiger partial charge in [0.05, 0.1) is 5.69 Å². The average molecular weight is 346 g/mol. The number of rotatable bonds is 2. The minimum Gasteiger partial charge on any atom is -0.275 e. The van der Waals surface area contributed by atoms with Gasteiger partial charge in [-0.25, -0.2) is 0 Å². The number of hydrogen-bond acceptors (Lipinski definition) is 3. The normalized spacial score (nSPS) is 10.4. The monoisotopic (exact) mass is 345 g/mol. The summed E-state index contributed by atoms with van der Waals surface area (Å²) >= 11 is 3.20. The molecule has 3 aromatic rings. The maximum atomic E-state index is 4.24. The molecule has 0 aliphatic rings. The van der Waals surface area contributed by atoms with Crippen molar-refractivity contribution in [2.45, 2.75) is 0 Å². The predicted molar refractivity (Wildman–Crippen MR) is 87.3 cm³/mol. The Kier molecular flexibility index (Phi) is 5.45. The molecule has 0 radical (unpaired) electrons. The van der Waals surface area contributed by atoms with Crippen LogP contribution in [0.15, 0.2) is 53.7 Å². The molecule has 5 nitrogen and oxygen atoms in total. The zero-order valence-electron chi connectivity index (χ0n) is 11.9. The Morgan fingerprint density at radius 3 is 2.24 bits per heavy atom. The van der Waals surface area contributed by atoms with Crippen LogP contribution in [-0.4, -0.2) is 24.5 Å². The summed E-state index contributed by atoms with van der Waals surface area (Å²) in [4.78, 5) is 4.03. The molecular weight excluding hydrogens is 330 g/mol. The van der Waals surface area contributed by atoms with Crippen molar-refractivity contribution in [3.8, 4) is 0 Å². The fourth-order valence-electron chi connectivity index (χ4n) is 1.56. The van der Waals surface area contributed by atoms with Gasteiger partial charge < -0.3 is 0 Å². The highest BCUT2D eigenvalue weighted by Crippen LogP contribution is 2.04. The standard InChI is InChI=1S/C11H11N3.C4H5BrN2/c1-14-8-6-11(13-14)5-4-10-3-2-7-12-9-10;1-7-3-2-4(5)6-7/h2-9H,1H3;2-3H,1H3/b5-4+;. The minimum absolute atomic E-state index is 0.884. The van der Waals surface area contributed by atoms with Crippen molar-refractivity contribution in [2.75, 3.05) is 0 Å². The second-order valence-corrected chi connectivity index (χ2v) is 5.16. The Morgan fingerprint density at radius 2 is 1.76 bits per heavy atom. The van der Waals surface area contributed by atoms with E-state index < -0.39 is 0 Å². The van der Waals surface area contributed by atoms with E-state index in [1.807, 2.05) is 69.1 Å². The van der Waals surface area contributed by atoms with E-state index in [0.29, 0.717) is 0 Å². The number of aromatic nitrogens is 5. The molecule has 0 saturated carbocycles. The summed E-state index contributed by atoms with van der Waals surface area (Å²) in [5.74, 6) is 0. The molecule has 0 aromatic carbocycles. The lowest BCUT2D eigenvalue weighted by atomic mass is 10.2. The molecule has 0 amide bonds. The van der Waals surface area contributed by atoms with Crippen molar-refractivity contribution < 1.29 is 0 Å².